The lowest BCUT2D eigenvalue weighted by Gasteiger charge is -2.33. The molecule has 6 rings (SSSR count). The van der Waals surface area contributed by atoms with E-state index in [1.165, 1.54) is 25.3 Å². The van der Waals surface area contributed by atoms with Crippen molar-refractivity contribution in [2.45, 2.75) is 58.4 Å². The number of aromatic nitrogens is 2. The van der Waals surface area contributed by atoms with Crippen molar-refractivity contribution in [2.24, 2.45) is 5.10 Å². The lowest BCUT2D eigenvalue weighted by molar-refractivity contribution is -0.141. The van der Waals surface area contributed by atoms with Gasteiger partial charge in [-0.3, -0.25) is 25.3 Å². The molecule has 4 amide bonds. The van der Waals surface area contributed by atoms with E-state index in [9.17, 15) is 27.6 Å². The van der Waals surface area contributed by atoms with Crippen molar-refractivity contribution in [3.05, 3.63) is 99.4 Å². The number of nitrogens with zero attached hydrogens (tertiary/aromatic N) is 4. The number of halogens is 4. The maximum absolute atomic E-state index is 13.4. The molecule has 20 heteroatoms. The van der Waals surface area contributed by atoms with E-state index < -0.39 is 29.2 Å². The molecule has 0 spiro atoms. The van der Waals surface area contributed by atoms with Gasteiger partial charge in [-0.05, 0) is 92.9 Å². The normalized spacial score (nSPS) is 17.3. The summed E-state index contributed by atoms with van der Waals surface area (Å²) in [7, 11) is 0. The van der Waals surface area contributed by atoms with Crippen molar-refractivity contribution in [1.29, 1.82) is 0 Å². The zero-order valence-corrected chi connectivity index (χ0v) is 37.4. The zero-order valence-electron chi connectivity index (χ0n) is 35.8. The molecule has 0 radical (unpaired) electrons. The van der Waals surface area contributed by atoms with E-state index in [0.717, 1.165) is 27.4 Å². The van der Waals surface area contributed by atoms with Crippen LogP contribution in [-0.2, 0) is 30.0 Å². The number of ether oxygens (including phenoxy) is 5. The standard InChI is InChI=1S/C44H50BrF3N8O8/c1-27-5-8-31(20-34(27)44(46,47)48)51-41(58)43(4)22-37(54-55-43)30-6-9-32(10-7-30)63-18-17-61-16-15-60-13-11-40(57)56-12-14-62-33(25-56)26-64-38-19-28(2)35(45)21-36(38)52-42(59)53-39-24-49-29(3)23-50-39/h5-10,19-21,23-24,33,55H,11-18,22,25-26H2,1-4H3,(H,51,58)(H2,50,52,53,59)/t33-,43?/m0/s1. The molecule has 4 aromatic rings. The van der Waals surface area contributed by atoms with Gasteiger partial charge in [-0.2, -0.15) is 18.3 Å². The largest absolute Gasteiger partial charge is 0.491 e. The van der Waals surface area contributed by atoms with Crippen LogP contribution < -0.4 is 30.8 Å². The first kappa shape index (κ1) is 47.6. The molecule has 4 N–H and O–H groups in total. The molecular weight excluding hydrogens is 905 g/mol. The number of hydrazone groups is 1. The van der Waals surface area contributed by atoms with Gasteiger partial charge in [0, 0.05) is 23.1 Å². The van der Waals surface area contributed by atoms with E-state index in [4.69, 9.17) is 23.7 Å². The number of carbonyl (C=O) groups is 3. The molecule has 2 aliphatic heterocycles. The minimum Gasteiger partial charge on any atom is -0.491 e. The highest BCUT2D eigenvalue weighted by Crippen LogP contribution is 2.35. The Kier molecular flexibility index (Phi) is 16.2. The molecule has 3 aromatic carbocycles. The number of urea groups is 1. The second-order valence-electron chi connectivity index (χ2n) is 15.4. The Bertz CT molecular complexity index is 2300. The number of hydrogen-bond acceptors (Lipinski definition) is 12. The van der Waals surface area contributed by atoms with E-state index in [2.05, 4.69) is 52.4 Å². The summed E-state index contributed by atoms with van der Waals surface area (Å²) in [4.78, 5) is 48.8. The fourth-order valence-electron chi connectivity index (χ4n) is 6.61. The Morgan fingerprint density at radius 1 is 0.906 bits per heavy atom. The Hall–Kier alpha value is -5.83. The molecule has 342 valence electrons. The van der Waals surface area contributed by atoms with E-state index in [0.29, 0.717) is 68.2 Å². The fourth-order valence-corrected chi connectivity index (χ4v) is 6.95. The fraction of sp³-hybridized carbons (Fsp3) is 0.409. The number of aryl methyl sites for hydroxylation is 3. The van der Waals surface area contributed by atoms with Gasteiger partial charge in [-0.15, -0.1) is 0 Å². The van der Waals surface area contributed by atoms with Crippen LogP contribution >= 0.6 is 15.9 Å². The highest BCUT2D eigenvalue weighted by molar-refractivity contribution is 9.10. The van der Waals surface area contributed by atoms with Crippen LogP contribution in [0.1, 0.15) is 47.7 Å². The number of carbonyl (C=O) groups excluding carboxylic acids is 3. The quantitative estimate of drug-likeness (QED) is 0.0751. The number of benzene rings is 3. The van der Waals surface area contributed by atoms with Crippen LogP contribution in [0.3, 0.4) is 0 Å². The lowest BCUT2D eigenvalue weighted by Crippen LogP contribution is -2.47. The number of alkyl halides is 3. The summed E-state index contributed by atoms with van der Waals surface area (Å²) in [5.74, 6) is 0.771. The van der Waals surface area contributed by atoms with Crippen molar-refractivity contribution in [3.8, 4) is 11.5 Å². The molecule has 2 aliphatic rings. The van der Waals surface area contributed by atoms with E-state index in [1.807, 2.05) is 19.1 Å². The van der Waals surface area contributed by atoms with Crippen LogP contribution in [0.5, 0.6) is 11.5 Å². The Labute approximate surface area is 376 Å². The molecule has 1 fully saturated rings. The first-order valence-electron chi connectivity index (χ1n) is 20.5. The Morgan fingerprint density at radius 2 is 1.66 bits per heavy atom. The molecule has 2 atom stereocenters. The summed E-state index contributed by atoms with van der Waals surface area (Å²) >= 11 is 3.51. The second-order valence-corrected chi connectivity index (χ2v) is 16.2. The number of hydrogen-bond donors (Lipinski definition) is 4. The third-order valence-electron chi connectivity index (χ3n) is 10.2. The number of morpholine rings is 1. The lowest BCUT2D eigenvalue weighted by atomic mass is 9.93. The molecule has 1 unspecified atom stereocenters. The van der Waals surface area contributed by atoms with Crippen molar-refractivity contribution >= 4 is 56.7 Å². The van der Waals surface area contributed by atoms with Crippen molar-refractivity contribution in [2.75, 3.05) is 75.3 Å². The number of anilines is 3. The number of rotatable bonds is 18. The van der Waals surface area contributed by atoms with Gasteiger partial charge in [0.2, 0.25) is 5.91 Å². The number of amides is 4. The molecule has 16 nitrogen and oxygen atoms in total. The molecule has 1 saturated heterocycles. The van der Waals surface area contributed by atoms with Crippen LogP contribution in [0.25, 0.3) is 0 Å². The number of nitrogens with one attached hydrogen (secondary N) is 4. The molecule has 0 saturated carbocycles. The van der Waals surface area contributed by atoms with Gasteiger partial charge in [0.15, 0.2) is 5.82 Å². The smallest absolute Gasteiger partial charge is 0.416 e. The SMILES string of the molecule is Cc1cnc(NC(=O)Nc2cc(Br)c(C)cc2OC[C@@H]2CN(C(=O)CCOCCOCCOc3ccc(C4=NNC(C)(C(=O)Nc5ccc(C)c(C(F)(F)F)c5)C4)cc3)CCO2)cn1. The van der Waals surface area contributed by atoms with Crippen LogP contribution in [0.15, 0.2) is 76.6 Å². The predicted octanol–water partition coefficient (Wildman–Crippen LogP) is 7.03. The van der Waals surface area contributed by atoms with E-state index in [-0.39, 0.29) is 55.9 Å². The van der Waals surface area contributed by atoms with Crippen molar-refractivity contribution in [1.82, 2.24) is 20.3 Å². The highest BCUT2D eigenvalue weighted by atomic mass is 79.9. The molecule has 1 aromatic heterocycles. The Morgan fingerprint density at radius 3 is 2.39 bits per heavy atom. The van der Waals surface area contributed by atoms with Crippen LogP contribution in [0, 0.1) is 20.8 Å². The minimum absolute atomic E-state index is 0.0472. The van der Waals surface area contributed by atoms with Gasteiger partial charge in [0.1, 0.15) is 36.4 Å². The first-order chi connectivity index (χ1) is 30.6. The van der Waals surface area contributed by atoms with Gasteiger partial charge < -0.3 is 39.2 Å². The van der Waals surface area contributed by atoms with Crippen LogP contribution in [-0.4, -0.2) is 109 Å². The second kappa shape index (κ2) is 21.7. The topological polar surface area (TPSA) is 187 Å². The van der Waals surface area contributed by atoms with Crippen LogP contribution in [0.2, 0.25) is 0 Å². The maximum atomic E-state index is 13.4. The molecule has 0 bridgehead atoms. The van der Waals surface area contributed by atoms with Gasteiger partial charge >= 0.3 is 12.2 Å². The Balaban J connectivity index is 0.833. The van der Waals surface area contributed by atoms with Gasteiger partial charge in [-0.1, -0.05) is 22.0 Å². The third kappa shape index (κ3) is 13.3. The molecule has 3 heterocycles. The van der Waals surface area contributed by atoms with E-state index >= 15 is 0 Å². The highest BCUT2D eigenvalue weighted by Gasteiger charge is 2.40. The summed E-state index contributed by atoms with van der Waals surface area (Å²) in [6, 6.07) is 13.9. The summed E-state index contributed by atoms with van der Waals surface area (Å²) < 4.78 is 69.9. The van der Waals surface area contributed by atoms with Gasteiger partial charge in [0.05, 0.1) is 81.1 Å². The minimum atomic E-state index is -4.53. The third-order valence-corrected chi connectivity index (χ3v) is 11.1. The predicted molar refractivity (Wildman–Crippen MR) is 236 cm³/mol. The monoisotopic (exact) mass is 954 g/mol. The van der Waals surface area contributed by atoms with Crippen molar-refractivity contribution in [3.63, 3.8) is 0 Å². The van der Waals surface area contributed by atoms with Gasteiger partial charge in [0.25, 0.3) is 5.91 Å². The summed E-state index contributed by atoms with van der Waals surface area (Å²) in [6.45, 7) is 9.44. The summed E-state index contributed by atoms with van der Waals surface area (Å²) in [6.07, 6.45) is -1.49. The summed E-state index contributed by atoms with van der Waals surface area (Å²) in [5, 5.41) is 12.3. The summed E-state index contributed by atoms with van der Waals surface area (Å²) in [5.41, 5.74) is 4.41. The maximum Gasteiger partial charge on any atom is 0.416 e. The zero-order chi connectivity index (χ0) is 45.9. The molecule has 0 aliphatic carbocycles. The van der Waals surface area contributed by atoms with E-state index in [1.54, 1.807) is 49.2 Å². The molecular formula is C44H50BrF3N8O8. The average molecular weight is 956 g/mol. The molecule has 64 heavy (non-hydrogen) atoms. The van der Waals surface area contributed by atoms with Crippen LogP contribution in [0.4, 0.5) is 35.2 Å². The first-order valence-corrected chi connectivity index (χ1v) is 21.3. The average Bonchev–Trinajstić information content (AvgIpc) is 3.68. The van der Waals surface area contributed by atoms with Gasteiger partial charge in [-0.25, -0.2) is 9.78 Å². The van der Waals surface area contributed by atoms with Crippen molar-refractivity contribution < 1.29 is 51.2 Å².